The zero-order valence-electron chi connectivity index (χ0n) is 9.77. The average Bonchev–Trinajstić information content (AvgIpc) is 2.20. The lowest BCUT2D eigenvalue weighted by molar-refractivity contribution is -0.137. The first-order valence-electron chi connectivity index (χ1n) is 5.56. The summed E-state index contributed by atoms with van der Waals surface area (Å²) in [5.41, 5.74) is 1.08. The second-order valence-electron chi connectivity index (χ2n) is 3.95. The normalized spacial score (nSPS) is 12.1. The molecule has 3 nitrogen and oxygen atoms in total. The minimum Gasteiger partial charge on any atom is -0.494 e. The maximum absolute atomic E-state index is 10.6. The highest BCUT2D eigenvalue weighted by molar-refractivity contribution is 5.67. The van der Waals surface area contributed by atoms with Gasteiger partial charge in [0, 0.05) is 6.42 Å². The van der Waals surface area contributed by atoms with Crippen molar-refractivity contribution in [2.45, 2.75) is 26.7 Å². The molecule has 1 aromatic rings. The molecule has 1 N–H and O–H groups in total. The number of carboxylic acid groups (broad SMARTS) is 1. The van der Waals surface area contributed by atoms with Gasteiger partial charge in [0.2, 0.25) is 0 Å². The van der Waals surface area contributed by atoms with Crippen LogP contribution in [0.4, 0.5) is 0 Å². The highest BCUT2D eigenvalue weighted by Crippen LogP contribution is 2.22. The van der Waals surface area contributed by atoms with E-state index in [0.717, 1.165) is 17.7 Å². The molecule has 0 saturated carbocycles. The Labute approximate surface area is 96.1 Å². The van der Waals surface area contributed by atoms with Crippen LogP contribution in [0, 0.1) is 5.92 Å². The molecular weight excluding hydrogens is 204 g/mol. The summed E-state index contributed by atoms with van der Waals surface area (Å²) in [5.74, 6) is 0.239. The van der Waals surface area contributed by atoms with E-state index in [1.807, 2.05) is 38.1 Å². The molecule has 1 aromatic carbocycles. The molecule has 0 bridgehead atoms. The third-order valence-corrected chi connectivity index (χ3v) is 2.36. The van der Waals surface area contributed by atoms with Gasteiger partial charge in [0.1, 0.15) is 5.75 Å². The SMILES string of the molecule is CCOc1ccccc1CC(C)CC(=O)O. The second-order valence-corrected chi connectivity index (χ2v) is 3.95. The van der Waals surface area contributed by atoms with Gasteiger partial charge >= 0.3 is 5.97 Å². The standard InChI is InChI=1S/C13H18O3/c1-3-16-12-7-5-4-6-11(12)8-10(2)9-13(14)15/h4-7,10H,3,8-9H2,1-2H3,(H,14,15). The van der Waals surface area contributed by atoms with E-state index in [2.05, 4.69) is 0 Å². The lowest BCUT2D eigenvalue weighted by Crippen LogP contribution is -2.08. The molecule has 1 atom stereocenters. The molecule has 0 radical (unpaired) electrons. The number of benzene rings is 1. The van der Waals surface area contributed by atoms with Gasteiger partial charge in [0.05, 0.1) is 6.61 Å². The van der Waals surface area contributed by atoms with Crippen LogP contribution in [0.5, 0.6) is 5.75 Å². The molecule has 0 heterocycles. The van der Waals surface area contributed by atoms with Crippen molar-refractivity contribution in [3.63, 3.8) is 0 Å². The summed E-state index contributed by atoms with van der Waals surface area (Å²) < 4.78 is 5.50. The topological polar surface area (TPSA) is 46.5 Å². The average molecular weight is 222 g/mol. The number of hydrogen-bond donors (Lipinski definition) is 1. The van der Waals surface area contributed by atoms with Crippen molar-refractivity contribution >= 4 is 5.97 Å². The van der Waals surface area contributed by atoms with Gasteiger partial charge in [-0.15, -0.1) is 0 Å². The maximum atomic E-state index is 10.6. The van der Waals surface area contributed by atoms with E-state index in [4.69, 9.17) is 9.84 Å². The van der Waals surface area contributed by atoms with Gasteiger partial charge in [0.25, 0.3) is 0 Å². The molecule has 0 fully saturated rings. The van der Waals surface area contributed by atoms with E-state index in [0.29, 0.717) is 6.61 Å². The Kier molecular flexibility index (Phi) is 4.83. The van der Waals surface area contributed by atoms with Crippen molar-refractivity contribution in [3.8, 4) is 5.75 Å². The lowest BCUT2D eigenvalue weighted by Gasteiger charge is -2.13. The van der Waals surface area contributed by atoms with Crippen LogP contribution in [0.15, 0.2) is 24.3 Å². The van der Waals surface area contributed by atoms with Crippen LogP contribution < -0.4 is 4.74 Å². The van der Waals surface area contributed by atoms with Crippen molar-refractivity contribution in [3.05, 3.63) is 29.8 Å². The zero-order chi connectivity index (χ0) is 12.0. The van der Waals surface area contributed by atoms with Gasteiger partial charge in [-0.25, -0.2) is 0 Å². The Hall–Kier alpha value is -1.51. The predicted molar refractivity (Wildman–Crippen MR) is 62.7 cm³/mol. The van der Waals surface area contributed by atoms with Crippen molar-refractivity contribution in [1.82, 2.24) is 0 Å². The molecule has 88 valence electrons. The number of aliphatic carboxylic acids is 1. The molecule has 0 aliphatic carbocycles. The van der Waals surface area contributed by atoms with Crippen molar-refractivity contribution in [1.29, 1.82) is 0 Å². The van der Waals surface area contributed by atoms with Gasteiger partial charge in [-0.1, -0.05) is 25.1 Å². The summed E-state index contributed by atoms with van der Waals surface area (Å²) in [6.07, 6.45) is 0.933. The highest BCUT2D eigenvalue weighted by Gasteiger charge is 2.11. The Bertz CT molecular complexity index is 347. The molecule has 0 aliphatic heterocycles. The Morgan fingerprint density at radius 3 is 2.75 bits per heavy atom. The van der Waals surface area contributed by atoms with Crippen LogP contribution in [-0.2, 0) is 11.2 Å². The lowest BCUT2D eigenvalue weighted by atomic mass is 9.97. The van der Waals surface area contributed by atoms with Gasteiger partial charge in [0.15, 0.2) is 0 Å². The van der Waals surface area contributed by atoms with E-state index in [1.165, 1.54) is 0 Å². The first-order valence-corrected chi connectivity index (χ1v) is 5.56. The molecule has 0 aliphatic rings. The summed E-state index contributed by atoms with van der Waals surface area (Å²) in [5, 5.41) is 8.70. The van der Waals surface area contributed by atoms with Gasteiger partial charge in [-0.3, -0.25) is 4.79 Å². The van der Waals surface area contributed by atoms with Gasteiger partial charge in [-0.05, 0) is 30.9 Å². The Morgan fingerprint density at radius 1 is 1.44 bits per heavy atom. The zero-order valence-corrected chi connectivity index (χ0v) is 9.77. The molecule has 0 amide bonds. The summed E-state index contributed by atoms with van der Waals surface area (Å²) in [7, 11) is 0. The molecule has 0 spiro atoms. The molecular formula is C13H18O3. The highest BCUT2D eigenvalue weighted by atomic mass is 16.5. The first kappa shape index (κ1) is 12.6. The van der Waals surface area contributed by atoms with Crippen LogP contribution >= 0.6 is 0 Å². The maximum Gasteiger partial charge on any atom is 0.303 e. The predicted octanol–water partition coefficient (Wildman–Crippen LogP) is 2.74. The molecule has 1 unspecified atom stereocenters. The largest absolute Gasteiger partial charge is 0.494 e. The number of carbonyl (C=O) groups is 1. The van der Waals surface area contributed by atoms with Gasteiger partial charge < -0.3 is 9.84 Å². The summed E-state index contributed by atoms with van der Waals surface area (Å²) in [6, 6.07) is 7.79. The van der Waals surface area contributed by atoms with Crippen molar-refractivity contribution in [2.75, 3.05) is 6.61 Å². The minimum absolute atomic E-state index is 0.124. The number of ether oxygens (including phenoxy) is 1. The first-order chi connectivity index (χ1) is 7.63. The Balaban J connectivity index is 2.68. The quantitative estimate of drug-likeness (QED) is 0.805. The number of hydrogen-bond acceptors (Lipinski definition) is 2. The molecule has 16 heavy (non-hydrogen) atoms. The van der Waals surface area contributed by atoms with Crippen LogP contribution in [0.1, 0.15) is 25.8 Å². The number of para-hydroxylation sites is 1. The number of carboxylic acids is 1. The van der Waals surface area contributed by atoms with E-state index in [9.17, 15) is 4.79 Å². The summed E-state index contributed by atoms with van der Waals surface area (Å²) in [4.78, 5) is 10.6. The summed E-state index contributed by atoms with van der Waals surface area (Å²) >= 11 is 0. The van der Waals surface area contributed by atoms with Crippen LogP contribution in [0.2, 0.25) is 0 Å². The minimum atomic E-state index is -0.749. The molecule has 1 rings (SSSR count). The number of rotatable bonds is 6. The van der Waals surface area contributed by atoms with E-state index in [1.54, 1.807) is 0 Å². The van der Waals surface area contributed by atoms with Crippen LogP contribution in [0.3, 0.4) is 0 Å². The monoisotopic (exact) mass is 222 g/mol. The summed E-state index contributed by atoms with van der Waals surface area (Å²) in [6.45, 7) is 4.51. The fraction of sp³-hybridized carbons (Fsp3) is 0.462. The van der Waals surface area contributed by atoms with Crippen molar-refractivity contribution < 1.29 is 14.6 Å². The third kappa shape index (κ3) is 3.93. The van der Waals surface area contributed by atoms with Crippen molar-refractivity contribution in [2.24, 2.45) is 5.92 Å². The smallest absolute Gasteiger partial charge is 0.303 e. The third-order valence-electron chi connectivity index (χ3n) is 2.36. The van der Waals surface area contributed by atoms with E-state index >= 15 is 0 Å². The molecule has 0 aromatic heterocycles. The van der Waals surface area contributed by atoms with Gasteiger partial charge in [-0.2, -0.15) is 0 Å². The van der Waals surface area contributed by atoms with E-state index < -0.39 is 5.97 Å². The molecule has 0 saturated heterocycles. The fourth-order valence-electron chi connectivity index (χ4n) is 1.71. The fourth-order valence-corrected chi connectivity index (χ4v) is 1.71. The Morgan fingerprint density at radius 2 is 2.12 bits per heavy atom. The second kappa shape index (κ2) is 6.16. The van der Waals surface area contributed by atoms with Crippen LogP contribution in [0.25, 0.3) is 0 Å². The van der Waals surface area contributed by atoms with E-state index in [-0.39, 0.29) is 12.3 Å². The molecule has 3 heteroatoms. The van der Waals surface area contributed by atoms with Crippen LogP contribution in [-0.4, -0.2) is 17.7 Å².